The molecule has 2 aromatic carbocycles. The number of hydrogen-bond acceptors (Lipinski definition) is 8. The quantitative estimate of drug-likeness (QED) is 0.402. The second-order valence-corrected chi connectivity index (χ2v) is 12.4. The highest BCUT2D eigenvalue weighted by molar-refractivity contribution is 7.89. The van der Waals surface area contributed by atoms with Crippen molar-refractivity contribution >= 4 is 39.4 Å². The number of ether oxygens (including phenoxy) is 2. The van der Waals surface area contributed by atoms with Gasteiger partial charge in [-0.1, -0.05) is 0 Å². The Hall–Kier alpha value is -3.64. The monoisotopic (exact) mass is 560 g/mol. The lowest BCUT2D eigenvalue weighted by atomic mass is 10.1. The van der Waals surface area contributed by atoms with Gasteiger partial charge in [-0.15, -0.1) is 0 Å². The summed E-state index contributed by atoms with van der Waals surface area (Å²) >= 11 is 0. The number of hydrogen-bond donors (Lipinski definition) is 1. The summed E-state index contributed by atoms with van der Waals surface area (Å²) in [5.41, 5.74) is 5.65. The van der Waals surface area contributed by atoms with Crippen molar-refractivity contribution in [2.45, 2.75) is 63.1 Å². The first-order chi connectivity index (χ1) is 18.1. The molecule has 1 aliphatic heterocycles. The van der Waals surface area contributed by atoms with Crippen LogP contribution in [-0.4, -0.2) is 73.9 Å². The molecule has 0 bridgehead atoms. The van der Waals surface area contributed by atoms with E-state index in [0.29, 0.717) is 17.8 Å². The molecule has 0 spiro atoms. The van der Waals surface area contributed by atoms with Crippen LogP contribution in [0.1, 0.15) is 40.5 Å². The molecule has 1 aliphatic rings. The molecule has 2 aromatic rings. The van der Waals surface area contributed by atoms with Crippen molar-refractivity contribution in [1.29, 1.82) is 0 Å². The number of nitrogen functional groups attached to an aromatic ring is 1. The molecule has 12 heteroatoms. The minimum absolute atomic E-state index is 0.0233. The third-order valence-corrected chi connectivity index (χ3v) is 7.96. The number of nitrogens with two attached hydrogens (primary N) is 1. The third-order valence-electron chi connectivity index (χ3n) is 6.03. The SMILES string of the molecule is C[C@@H](C(=O)OC(C)(C)C)N(C(=O)[C@@H]1CCCN1S(=O)(=O)c1ccc(N)cc1)c1ccc(OC(=O)N(C)C)cc1. The second kappa shape index (κ2) is 11.6. The van der Waals surface area contributed by atoms with Crippen LogP contribution in [0, 0.1) is 0 Å². The van der Waals surface area contributed by atoms with Gasteiger partial charge >= 0.3 is 12.1 Å². The molecule has 0 aromatic heterocycles. The molecule has 1 fully saturated rings. The van der Waals surface area contributed by atoms with E-state index in [9.17, 15) is 22.8 Å². The van der Waals surface area contributed by atoms with Gasteiger partial charge in [0.1, 0.15) is 23.4 Å². The molecule has 2 atom stereocenters. The van der Waals surface area contributed by atoms with Crippen LogP contribution in [0.25, 0.3) is 0 Å². The van der Waals surface area contributed by atoms with Gasteiger partial charge in [0.15, 0.2) is 0 Å². The minimum atomic E-state index is -4.02. The van der Waals surface area contributed by atoms with Gasteiger partial charge in [-0.25, -0.2) is 18.0 Å². The molecule has 0 saturated carbocycles. The number of esters is 1. The maximum atomic E-state index is 14.1. The highest BCUT2D eigenvalue weighted by Gasteiger charge is 2.44. The fraction of sp³-hybridized carbons (Fsp3) is 0.444. The fourth-order valence-corrected chi connectivity index (χ4v) is 5.76. The van der Waals surface area contributed by atoms with Crippen LogP contribution in [0.5, 0.6) is 5.75 Å². The average Bonchev–Trinajstić information content (AvgIpc) is 3.35. The Balaban J connectivity index is 1.98. The first-order valence-electron chi connectivity index (χ1n) is 12.5. The summed E-state index contributed by atoms with van der Waals surface area (Å²) in [6, 6.07) is 9.72. The number of rotatable bonds is 7. The fourth-order valence-electron chi connectivity index (χ4n) is 4.11. The van der Waals surface area contributed by atoms with Gasteiger partial charge in [-0.05, 0) is 89.1 Å². The van der Waals surface area contributed by atoms with Crippen molar-refractivity contribution in [3.63, 3.8) is 0 Å². The van der Waals surface area contributed by atoms with E-state index in [-0.39, 0.29) is 23.6 Å². The molecule has 2 amide bonds. The molecule has 39 heavy (non-hydrogen) atoms. The maximum Gasteiger partial charge on any atom is 0.414 e. The smallest absolute Gasteiger partial charge is 0.414 e. The van der Waals surface area contributed by atoms with Crippen molar-refractivity contribution < 1.29 is 32.3 Å². The third kappa shape index (κ3) is 7.07. The molecule has 11 nitrogen and oxygen atoms in total. The zero-order valence-corrected chi connectivity index (χ0v) is 23.9. The summed E-state index contributed by atoms with van der Waals surface area (Å²) < 4.78 is 38.9. The van der Waals surface area contributed by atoms with Gasteiger partial charge in [0.25, 0.3) is 0 Å². The lowest BCUT2D eigenvalue weighted by Gasteiger charge is -2.34. The topological polar surface area (TPSA) is 140 Å². The van der Waals surface area contributed by atoms with E-state index in [4.69, 9.17) is 15.2 Å². The number of sulfonamides is 1. The Morgan fingerprint density at radius 3 is 2.15 bits per heavy atom. The first kappa shape index (κ1) is 29.9. The first-order valence-corrected chi connectivity index (χ1v) is 14.0. The van der Waals surface area contributed by atoms with Gasteiger partial charge in [0.05, 0.1) is 4.90 Å². The Morgan fingerprint density at radius 2 is 1.62 bits per heavy atom. The lowest BCUT2D eigenvalue weighted by Crippen LogP contribution is -2.53. The number of benzene rings is 2. The molecular formula is C27H36N4O7S. The minimum Gasteiger partial charge on any atom is -0.458 e. The van der Waals surface area contributed by atoms with Crippen LogP contribution in [0.3, 0.4) is 0 Å². The Labute approximate surface area is 229 Å². The van der Waals surface area contributed by atoms with E-state index in [1.807, 2.05) is 0 Å². The summed E-state index contributed by atoms with van der Waals surface area (Å²) in [5, 5.41) is 0. The van der Waals surface area contributed by atoms with E-state index in [0.717, 1.165) is 0 Å². The lowest BCUT2D eigenvalue weighted by molar-refractivity contribution is -0.157. The van der Waals surface area contributed by atoms with Gasteiger partial charge < -0.3 is 20.1 Å². The average molecular weight is 561 g/mol. The number of nitrogens with zero attached hydrogens (tertiary/aromatic N) is 3. The zero-order chi connectivity index (χ0) is 29.1. The summed E-state index contributed by atoms with van der Waals surface area (Å²) in [6.07, 6.45) is 0.175. The van der Waals surface area contributed by atoms with Crippen molar-refractivity contribution in [2.75, 3.05) is 31.3 Å². The normalized spacial score (nSPS) is 16.8. The summed E-state index contributed by atoms with van der Waals surface area (Å²) in [6.45, 7) is 6.83. The Bertz CT molecular complexity index is 1300. The molecule has 1 saturated heterocycles. The van der Waals surface area contributed by atoms with E-state index in [1.165, 1.54) is 69.6 Å². The van der Waals surface area contributed by atoms with Crippen molar-refractivity contribution in [3.8, 4) is 5.75 Å². The van der Waals surface area contributed by atoms with Crippen LogP contribution in [0.4, 0.5) is 16.2 Å². The highest BCUT2D eigenvalue weighted by atomic mass is 32.2. The van der Waals surface area contributed by atoms with Crippen molar-refractivity contribution in [2.24, 2.45) is 0 Å². The van der Waals surface area contributed by atoms with Crippen LogP contribution in [0.15, 0.2) is 53.4 Å². The van der Waals surface area contributed by atoms with Crippen molar-refractivity contribution in [3.05, 3.63) is 48.5 Å². The maximum absolute atomic E-state index is 14.1. The van der Waals surface area contributed by atoms with E-state index < -0.39 is 45.7 Å². The van der Waals surface area contributed by atoms with Crippen LogP contribution in [0.2, 0.25) is 0 Å². The molecular weight excluding hydrogens is 524 g/mol. The summed E-state index contributed by atoms with van der Waals surface area (Å²) in [4.78, 5) is 41.6. The second-order valence-electron chi connectivity index (χ2n) is 10.5. The molecule has 2 N–H and O–H groups in total. The summed E-state index contributed by atoms with van der Waals surface area (Å²) in [7, 11) is -0.922. The van der Waals surface area contributed by atoms with Crippen LogP contribution < -0.4 is 15.4 Å². The van der Waals surface area contributed by atoms with Crippen molar-refractivity contribution in [1.82, 2.24) is 9.21 Å². The number of carbonyl (C=O) groups excluding carboxylic acids is 3. The van der Waals surface area contributed by atoms with Crippen LogP contribution in [-0.2, 0) is 24.3 Å². The Kier molecular flexibility index (Phi) is 8.91. The van der Waals surface area contributed by atoms with Crippen LogP contribution >= 0.6 is 0 Å². The summed E-state index contributed by atoms with van der Waals surface area (Å²) in [5.74, 6) is -0.976. The Morgan fingerprint density at radius 1 is 1.03 bits per heavy atom. The predicted octanol–water partition coefficient (Wildman–Crippen LogP) is 3.25. The van der Waals surface area contributed by atoms with E-state index in [2.05, 4.69) is 0 Å². The molecule has 0 radical (unpaired) electrons. The van der Waals surface area contributed by atoms with Gasteiger partial charge in [0, 0.05) is 32.0 Å². The van der Waals surface area contributed by atoms with E-state index in [1.54, 1.807) is 34.9 Å². The standard InChI is InChI=1S/C27H36N4O7S/c1-18(25(33)38-27(2,3)4)31(20-11-13-21(14-12-20)37-26(34)29(5)6)24(32)23-8-7-17-30(23)39(35,36)22-15-9-19(28)10-16-22/h9-16,18,23H,7-8,17,28H2,1-6H3/t18-,23-/m0/s1. The molecule has 0 unspecified atom stereocenters. The largest absolute Gasteiger partial charge is 0.458 e. The number of amides is 2. The molecule has 3 rings (SSSR count). The van der Waals surface area contributed by atoms with Gasteiger partial charge in [0.2, 0.25) is 15.9 Å². The van der Waals surface area contributed by atoms with Gasteiger partial charge in [-0.2, -0.15) is 4.31 Å². The number of carbonyl (C=O) groups is 3. The van der Waals surface area contributed by atoms with E-state index >= 15 is 0 Å². The number of anilines is 2. The molecule has 212 valence electrons. The predicted molar refractivity (Wildman–Crippen MR) is 147 cm³/mol. The molecule has 1 heterocycles. The highest BCUT2D eigenvalue weighted by Crippen LogP contribution is 2.31. The molecule has 0 aliphatic carbocycles. The van der Waals surface area contributed by atoms with Gasteiger partial charge in [-0.3, -0.25) is 9.69 Å². The zero-order valence-electron chi connectivity index (χ0n) is 23.1.